The molecule has 0 aliphatic rings. The van der Waals surface area contributed by atoms with Gasteiger partial charge < -0.3 is 4.74 Å². The molecule has 3 aromatic rings. The van der Waals surface area contributed by atoms with E-state index < -0.39 is 16.1 Å². The molecule has 0 spiro atoms. The fraction of sp³-hybridized carbons (Fsp3) is 0.250. The van der Waals surface area contributed by atoms with E-state index >= 15 is 0 Å². The van der Waals surface area contributed by atoms with Crippen LogP contribution in [0.5, 0.6) is 0 Å². The van der Waals surface area contributed by atoms with Crippen molar-refractivity contribution in [2.75, 3.05) is 17.6 Å². The number of anilines is 1. The highest BCUT2D eigenvalue weighted by Crippen LogP contribution is 2.23. The maximum atomic E-state index is 12.6. The lowest BCUT2D eigenvalue weighted by molar-refractivity contribution is 0.122. The molecule has 0 fully saturated rings. The summed E-state index contributed by atoms with van der Waals surface area (Å²) in [6.07, 6.45) is 2.75. The van der Waals surface area contributed by atoms with E-state index in [1.165, 1.54) is 11.6 Å². The summed E-state index contributed by atoms with van der Waals surface area (Å²) in [5.74, 6) is -0.197. The molecule has 24 heavy (non-hydrogen) atoms. The van der Waals surface area contributed by atoms with Crippen LogP contribution in [0.15, 0.2) is 48.8 Å². The molecule has 3 rings (SSSR count). The third-order valence-electron chi connectivity index (χ3n) is 3.65. The van der Waals surface area contributed by atoms with E-state index in [0.717, 1.165) is 5.56 Å². The number of nitrogens with one attached hydrogen (secondary N) is 1. The SMILES string of the molecule is COC(CS(=O)(=O)Nc1c(C)nn2cccnc12)c1ccccc1. The number of rotatable bonds is 6. The molecule has 1 aromatic carbocycles. The number of hydrogen-bond acceptors (Lipinski definition) is 5. The average Bonchev–Trinajstić information content (AvgIpc) is 2.89. The maximum Gasteiger partial charge on any atom is 0.235 e. The van der Waals surface area contributed by atoms with Gasteiger partial charge in [-0.3, -0.25) is 4.72 Å². The molecule has 1 N–H and O–H groups in total. The number of ether oxygens (including phenoxy) is 1. The smallest absolute Gasteiger partial charge is 0.235 e. The maximum absolute atomic E-state index is 12.6. The van der Waals surface area contributed by atoms with Crippen molar-refractivity contribution in [3.8, 4) is 0 Å². The van der Waals surface area contributed by atoms with E-state index in [1.807, 2.05) is 30.3 Å². The summed E-state index contributed by atoms with van der Waals surface area (Å²) in [5, 5.41) is 4.25. The van der Waals surface area contributed by atoms with Crippen molar-refractivity contribution in [2.45, 2.75) is 13.0 Å². The first kappa shape index (κ1) is 16.4. The van der Waals surface area contributed by atoms with E-state index in [9.17, 15) is 8.42 Å². The van der Waals surface area contributed by atoms with Gasteiger partial charge in [-0.2, -0.15) is 5.10 Å². The number of hydrogen-bond donors (Lipinski definition) is 1. The van der Waals surface area contributed by atoms with E-state index in [4.69, 9.17) is 4.74 Å². The predicted octanol–water partition coefficient (Wildman–Crippen LogP) is 2.17. The summed E-state index contributed by atoms with van der Waals surface area (Å²) in [7, 11) is -2.15. The predicted molar refractivity (Wildman–Crippen MR) is 91.3 cm³/mol. The molecule has 0 amide bonds. The van der Waals surface area contributed by atoms with Crippen LogP contribution in [0.2, 0.25) is 0 Å². The van der Waals surface area contributed by atoms with Gasteiger partial charge in [-0.25, -0.2) is 17.9 Å². The second kappa shape index (κ2) is 6.58. The van der Waals surface area contributed by atoms with Crippen LogP contribution >= 0.6 is 0 Å². The van der Waals surface area contributed by atoms with Crippen molar-refractivity contribution < 1.29 is 13.2 Å². The minimum Gasteiger partial charge on any atom is -0.376 e. The highest BCUT2D eigenvalue weighted by Gasteiger charge is 2.23. The molecular weight excluding hydrogens is 328 g/mol. The van der Waals surface area contributed by atoms with E-state index in [-0.39, 0.29) is 5.75 Å². The Labute approximate surface area is 140 Å². The second-order valence-corrected chi connectivity index (χ2v) is 7.13. The third-order valence-corrected chi connectivity index (χ3v) is 4.91. The molecule has 0 saturated heterocycles. The van der Waals surface area contributed by atoms with Crippen LogP contribution in [-0.2, 0) is 14.8 Å². The summed E-state index contributed by atoms with van der Waals surface area (Å²) < 4.78 is 34.6. The molecule has 0 saturated carbocycles. The summed E-state index contributed by atoms with van der Waals surface area (Å²) in [5.41, 5.74) is 2.22. The first-order valence-electron chi connectivity index (χ1n) is 7.38. The summed E-state index contributed by atoms with van der Waals surface area (Å²) >= 11 is 0. The zero-order chi connectivity index (χ0) is 17.2. The minimum atomic E-state index is -3.65. The standard InChI is InChI=1S/C16H18N4O3S/c1-12-15(16-17-9-6-10-20(16)18-12)19-24(21,22)11-14(23-2)13-7-4-3-5-8-13/h3-10,14,19H,11H2,1-2H3. The topological polar surface area (TPSA) is 85.6 Å². The van der Waals surface area contributed by atoms with Gasteiger partial charge >= 0.3 is 0 Å². The molecule has 0 aliphatic carbocycles. The van der Waals surface area contributed by atoms with Crippen LogP contribution < -0.4 is 4.72 Å². The van der Waals surface area contributed by atoms with Gasteiger partial charge in [0.2, 0.25) is 10.0 Å². The summed E-state index contributed by atoms with van der Waals surface area (Å²) in [6, 6.07) is 11.0. The number of nitrogens with zero attached hydrogens (tertiary/aromatic N) is 3. The number of fused-ring (bicyclic) bond motifs is 1. The molecule has 2 aromatic heterocycles. The largest absolute Gasteiger partial charge is 0.376 e. The van der Waals surface area contributed by atoms with Gasteiger partial charge in [0.1, 0.15) is 5.69 Å². The van der Waals surface area contributed by atoms with Crippen molar-refractivity contribution in [1.82, 2.24) is 14.6 Å². The highest BCUT2D eigenvalue weighted by molar-refractivity contribution is 7.92. The number of aryl methyl sites for hydroxylation is 1. The Morgan fingerprint density at radius 2 is 2.00 bits per heavy atom. The van der Waals surface area contributed by atoms with Crippen molar-refractivity contribution in [3.63, 3.8) is 0 Å². The zero-order valence-corrected chi connectivity index (χ0v) is 14.2. The molecular formula is C16H18N4O3S. The number of sulfonamides is 1. The lowest BCUT2D eigenvalue weighted by Gasteiger charge is -2.16. The lowest BCUT2D eigenvalue weighted by Crippen LogP contribution is -2.23. The van der Waals surface area contributed by atoms with Crippen molar-refractivity contribution in [1.29, 1.82) is 0 Å². The Morgan fingerprint density at radius 3 is 2.71 bits per heavy atom. The van der Waals surface area contributed by atoms with Gasteiger partial charge in [0.15, 0.2) is 5.65 Å². The van der Waals surface area contributed by atoms with Gasteiger partial charge in [0.25, 0.3) is 0 Å². The molecule has 0 radical (unpaired) electrons. The van der Waals surface area contributed by atoms with Crippen LogP contribution in [0, 0.1) is 6.92 Å². The zero-order valence-electron chi connectivity index (χ0n) is 13.4. The van der Waals surface area contributed by atoms with Crippen LogP contribution in [0.4, 0.5) is 5.69 Å². The van der Waals surface area contributed by atoms with Crippen molar-refractivity contribution >= 4 is 21.4 Å². The lowest BCUT2D eigenvalue weighted by atomic mass is 10.1. The Bertz CT molecular complexity index is 938. The summed E-state index contributed by atoms with van der Waals surface area (Å²) in [4.78, 5) is 4.19. The third kappa shape index (κ3) is 3.39. The van der Waals surface area contributed by atoms with E-state index in [1.54, 1.807) is 25.4 Å². The Hall–Kier alpha value is -2.45. The molecule has 1 atom stereocenters. The number of methoxy groups -OCH3 is 1. The van der Waals surface area contributed by atoms with Gasteiger partial charge in [-0.1, -0.05) is 30.3 Å². The van der Waals surface area contributed by atoms with Crippen molar-refractivity contribution in [3.05, 3.63) is 60.0 Å². The molecule has 1 unspecified atom stereocenters. The molecule has 7 nitrogen and oxygen atoms in total. The minimum absolute atomic E-state index is 0.197. The normalized spacial score (nSPS) is 13.1. The van der Waals surface area contributed by atoms with Crippen LogP contribution in [0.3, 0.4) is 0 Å². The first-order chi connectivity index (χ1) is 11.5. The van der Waals surface area contributed by atoms with Gasteiger partial charge in [0.05, 0.1) is 17.6 Å². The average molecular weight is 346 g/mol. The van der Waals surface area contributed by atoms with E-state index in [0.29, 0.717) is 17.0 Å². The van der Waals surface area contributed by atoms with Gasteiger partial charge in [-0.05, 0) is 18.6 Å². The van der Waals surface area contributed by atoms with Gasteiger partial charge in [-0.15, -0.1) is 0 Å². The Balaban J connectivity index is 1.86. The number of benzene rings is 1. The van der Waals surface area contributed by atoms with Gasteiger partial charge in [0, 0.05) is 19.5 Å². The Kier molecular flexibility index (Phi) is 4.50. The molecule has 0 bridgehead atoms. The highest BCUT2D eigenvalue weighted by atomic mass is 32.2. The molecule has 126 valence electrons. The van der Waals surface area contributed by atoms with Crippen molar-refractivity contribution in [2.24, 2.45) is 0 Å². The van der Waals surface area contributed by atoms with Crippen LogP contribution in [-0.4, -0.2) is 35.9 Å². The first-order valence-corrected chi connectivity index (χ1v) is 9.03. The quantitative estimate of drug-likeness (QED) is 0.739. The fourth-order valence-corrected chi connectivity index (χ4v) is 3.84. The molecule has 8 heteroatoms. The molecule has 2 heterocycles. The van der Waals surface area contributed by atoms with Crippen LogP contribution in [0.1, 0.15) is 17.4 Å². The molecule has 0 aliphatic heterocycles. The van der Waals surface area contributed by atoms with Crippen LogP contribution in [0.25, 0.3) is 5.65 Å². The fourth-order valence-electron chi connectivity index (χ4n) is 2.48. The van der Waals surface area contributed by atoms with E-state index in [2.05, 4.69) is 14.8 Å². The second-order valence-electron chi connectivity index (χ2n) is 5.37. The monoisotopic (exact) mass is 346 g/mol. The summed E-state index contributed by atoms with van der Waals surface area (Å²) in [6.45, 7) is 1.73. The Morgan fingerprint density at radius 1 is 1.25 bits per heavy atom. The number of aromatic nitrogens is 3.